The first-order valence-electron chi connectivity index (χ1n) is 9.87. The number of nitrogens with one attached hydrogen (secondary N) is 1. The predicted octanol–water partition coefficient (Wildman–Crippen LogP) is 4.27. The van der Waals surface area contributed by atoms with E-state index in [1.165, 1.54) is 11.3 Å². The molecule has 3 rings (SSSR count). The summed E-state index contributed by atoms with van der Waals surface area (Å²) in [4.78, 5) is 16.9. The molecule has 1 aliphatic heterocycles. The number of carbonyl (C=O) groups is 1. The Labute approximate surface area is 163 Å². The summed E-state index contributed by atoms with van der Waals surface area (Å²) in [5, 5.41) is 3.20. The van der Waals surface area contributed by atoms with Gasteiger partial charge in [-0.3, -0.25) is 0 Å². The van der Waals surface area contributed by atoms with E-state index >= 15 is 0 Å². The van der Waals surface area contributed by atoms with Crippen LogP contribution in [-0.2, 0) is 5.41 Å². The summed E-state index contributed by atoms with van der Waals surface area (Å²) < 4.78 is 0. The van der Waals surface area contributed by atoms with Crippen molar-refractivity contribution in [1.29, 1.82) is 0 Å². The quantitative estimate of drug-likeness (QED) is 0.859. The number of piperazine rings is 1. The predicted molar refractivity (Wildman–Crippen MR) is 112 cm³/mol. The van der Waals surface area contributed by atoms with Crippen LogP contribution in [0.4, 0.5) is 10.5 Å². The third-order valence-corrected chi connectivity index (χ3v) is 5.43. The minimum atomic E-state index is 0.0277. The minimum absolute atomic E-state index is 0.0277. The fourth-order valence-corrected chi connectivity index (χ4v) is 3.93. The fraction of sp³-hybridized carbons (Fsp3) is 0.435. The van der Waals surface area contributed by atoms with Crippen molar-refractivity contribution in [3.05, 3.63) is 66.2 Å². The number of hydrogen-bond acceptors (Lipinski definition) is 2. The summed E-state index contributed by atoms with van der Waals surface area (Å²) in [6.45, 7) is 9.85. The fourth-order valence-electron chi connectivity index (χ4n) is 3.93. The first-order chi connectivity index (χ1) is 13.0. The molecular weight excluding hydrogens is 334 g/mol. The molecule has 2 amide bonds. The molecule has 2 aromatic carbocycles. The maximum atomic E-state index is 12.7. The Morgan fingerprint density at radius 3 is 2.11 bits per heavy atom. The molecule has 4 nitrogen and oxygen atoms in total. The van der Waals surface area contributed by atoms with Crippen LogP contribution in [-0.4, -0.2) is 43.2 Å². The number of urea groups is 1. The van der Waals surface area contributed by atoms with E-state index < -0.39 is 0 Å². The van der Waals surface area contributed by atoms with Crippen molar-refractivity contribution in [3.63, 3.8) is 0 Å². The first-order valence-corrected chi connectivity index (χ1v) is 9.87. The van der Waals surface area contributed by atoms with Gasteiger partial charge in [-0.15, -0.1) is 0 Å². The van der Waals surface area contributed by atoms with Gasteiger partial charge in [-0.05, 0) is 36.5 Å². The molecule has 0 aliphatic carbocycles. The lowest BCUT2D eigenvalue weighted by molar-refractivity contribution is 0.189. The normalized spacial score (nSPS) is 16.1. The van der Waals surface area contributed by atoms with Gasteiger partial charge in [-0.1, -0.05) is 62.4 Å². The Morgan fingerprint density at radius 2 is 1.52 bits per heavy atom. The van der Waals surface area contributed by atoms with E-state index in [0.29, 0.717) is 0 Å². The largest absolute Gasteiger partial charge is 0.368 e. The molecule has 1 atom stereocenters. The molecule has 1 saturated heterocycles. The Morgan fingerprint density at radius 1 is 0.963 bits per heavy atom. The summed E-state index contributed by atoms with van der Waals surface area (Å²) in [5.41, 5.74) is 2.57. The molecule has 1 heterocycles. The lowest BCUT2D eigenvalue weighted by Gasteiger charge is -2.37. The number of benzene rings is 2. The molecule has 2 aromatic rings. The van der Waals surface area contributed by atoms with E-state index in [2.05, 4.69) is 79.5 Å². The molecule has 1 fully saturated rings. The Balaban J connectivity index is 1.49. The van der Waals surface area contributed by atoms with Crippen LogP contribution in [0.3, 0.4) is 0 Å². The summed E-state index contributed by atoms with van der Waals surface area (Å²) in [6.07, 6.45) is 0.909. The van der Waals surface area contributed by atoms with E-state index in [4.69, 9.17) is 0 Å². The number of hydrogen-bond donors (Lipinski definition) is 1. The molecule has 1 N–H and O–H groups in total. The third-order valence-electron chi connectivity index (χ3n) is 5.43. The van der Waals surface area contributed by atoms with Crippen LogP contribution < -0.4 is 10.2 Å². The highest BCUT2D eigenvalue weighted by Crippen LogP contribution is 2.28. The Hall–Kier alpha value is -2.49. The van der Waals surface area contributed by atoms with E-state index in [9.17, 15) is 4.79 Å². The first kappa shape index (κ1) is 19.3. The molecule has 0 saturated carbocycles. The third kappa shape index (κ3) is 5.03. The minimum Gasteiger partial charge on any atom is -0.368 e. The molecule has 0 radical (unpaired) electrons. The molecule has 1 unspecified atom stereocenters. The van der Waals surface area contributed by atoms with Crippen molar-refractivity contribution in [3.8, 4) is 0 Å². The second-order valence-corrected chi connectivity index (χ2v) is 8.11. The Bertz CT molecular complexity index is 722. The second kappa shape index (κ2) is 8.47. The zero-order valence-corrected chi connectivity index (χ0v) is 16.7. The van der Waals surface area contributed by atoms with E-state index in [1.54, 1.807) is 0 Å². The van der Waals surface area contributed by atoms with Crippen molar-refractivity contribution < 1.29 is 4.79 Å². The van der Waals surface area contributed by atoms with Crippen molar-refractivity contribution in [2.75, 3.05) is 31.1 Å². The van der Waals surface area contributed by atoms with Gasteiger partial charge in [0, 0.05) is 37.9 Å². The lowest BCUT2D eigenvalue weighted by atomic mass is 9.79. The average molecular weight is 366 g/mol. The average Bonchev–Trinajstić information content (AvgIpc) is 2.69. The molecule has 4 heteroatoms. The van der Waals surface area contributed by atoms with Gasteiger partial charge in [0.1, 0.15) is 0 Å². The molecule has 0 aromatic heterocycles. The smallest absolute Gasteiger partial charge is 0.317 e. The van der Waals surface area contributed by atoms with Gasteiger partial charge in [0.15, 0.2) is 0 Å². The highest BCUT2D eigenvalue weighted by Gasteiger charge is 2.26. The van der Waals surface area contributed by atoms with Gasteiger partial charge in [0.25, 0.3) is 0 Å². The van der Waals surface area contributed by atoms with Gasteiger partial charge in [-0.25, -0.2) is 4.79 Å². The lowest BCUT2D eigenvalue weighted by Crippen LogP contribution is -2.53. The number of nitrogens with zero attached hydrogens (tertiary/aromatic N) is 2. The number of carbonyl (C=O) groups excluding carboxylic acids is 1. The maximum absolute atomic E-state index is 12.7. The number of amides is 2. The van der Waals surface area contributed by atoms with Crippen LogP contribution in [0.25, 0.3) is 0 Å². The van der Waals surface area contributed by atoms with Gasteiger partial charge < -0.3 is 15.1 Å². The van der Waals surface area contributed by atoms with E-state index in [1.807, 2.05) is 17.0 Å². The van der Waals surface area contributed by atoms with Crippen LogP contribution in [0.15, 0.2) is 60.7 Å². The summed E-state index contributed by atoms with van der Waals surface area (Å²) in [6, 6.07) is 21.1. The van der Waals surface area contributed by atoms with Crippen molar-refractivity contribution in [2.45, 2.75) is 38.6 Å². The van der Waals surface area contributed by atoms with Gasteiger partial charge in [0.2, 0.25) is 0 Å². The van der Waals surface area contributed by atoms with E-state index in [0.717, 1.165) is 32.6 Å². The second-order valence-electron chi connectivity index (χ2n) is 8.11. The Kier molecular flexibility index (Phi) is 6.04. The highest BCUT2D eigenvalue weighted by molar-refractivity contribution is 5.75. The zero-order chi connectivity index (χ0) is 19.3. The molecule has 1 aliphatic rings. The SMILES string of the molecule is CC(CC(C)(C)c1ccccc1)NC(=O)N1CCN(c2ccccc2)CC1. The van der Waals surface area contributed by atoms with Crippen molar-refractivity contribution in [2.24, 2.45) is 0 Å². The van der Waals surface area contributed by atoms with Gasteiger partial charge >= 0.3 is 6.03 Å². The van der Waals surface area contributed by atoms with E-state index in [-0.39, 0.29) is 17.5 Å². The van der Waals surface area contributed by atoms with Crippen LogP contribution in [0, 0.1) is 0 Å². The molecule has 0 bridgehead atoms. The monoisotopic (exact) mass is 365 g/mol. The van der Waals surface area contributed by atoms with Crippen LogP contribution in [0.5, 0.6) is 0 Å². The zero-order valence-electron chi connectivity index (χ0n) is 16.7. The summed E-state index contributed by atoms with van der Waals surface area (Å²) >= 11 is 0. The van der Waals surface area contributed by atoms with Gasteiger partial charge in [-0.2, -0.15) is 0 Å². The standard InChI is InChI=1S/C23H31N3O/c1-19(18-23(2,3)20-10-6-4-7-11-20)24-22(27)26-16-14-25(15-17-26)21-12-8-5-9-13-21/h4-13,19H,14-18H2,1-3H3,(H,24,27). The topological polar surface area (TPSA) is 35.6 Å². The number of anilines is 1. The molecular formula is C23H31N3O. The van der Waals surface area contributed by atoms with Crippen LogP contribution >= 0.6 is 0 Å². The number of rotatable bonds is 5. The highest BCUT2D eigenvalue weighted by atomic mass is 16.2. The molecule has 27 heavy (non-hydrogen) atoms. The van der Waals surface area contributed by atoms with Crippen LogP contribution in [0.1, 0.15) is 32.8 Å². The molecule has 144 valence electrons. The van der Waals surface area contributed by atoms with Crippen molar-refractivity contribution >= 4 is 11.7 Å². The summed E-state index contributed by atoms with van der Waals surface area (Å²) in [7, 11) is 0. The van der Waals surface area contributed by atoms with Gasteiger partial charge in [0.05, 0.1) is 0 Å². The van der Waals surface area contributed by atoms with Crippen LogP contribution in [0.2, 0.25) is 0 Å². The summed E-state index contributed by atoms with van der Waals surface area (Å²) in [5.74, 6) is 0. The number of para-hydroxylation sites is 1. The maximum Gasteiger partial charge on any atom is 0.317 e. The van der Waals surface area contributed by atoms with Crippen molar-refractivity contribution in [1.82, 2.24) is 10.2 Å². The molecule has 0 spiro atoms.